The van der Waals surface area contributed by atoms with Gasteiger partial charge in [0.25, 0.3) is 0 Å². The van der Waals surface area contributed by atoms with E-state index in [1.807, 2.05) is 6.26 Å². The average molecular weight is 196 g/mol. The monoisotopic (exact) mass is 195 g/mol. The molecular formula is C7H14ClNOS. The van der Waals surface area contributed by atoms with Crippen molar-refractivity contribution < 1.29 is 4.79 Å². The lowest BCUT2D eigenvalue weighted by atomic mass is 10.2. The summed E-state index contributed by atoms with van der Waals surface area (Å²) in [5.74, 6) is 0.994. The summed E-state index contributed by atoms with van der Waals surface area (Å²) < 4.78 is 0. The van der Waals surface area contributed by atoms with Crippen LogP contribution in [0, 0.1) is 0 Å². The Morgan fingerprint density at radius 1 is 1.73 bits per heavy atom. The smallest absolute Gasteiger partial charge is 0.237 e. The molecule has 11 heavy (non-hydrogen) atoms. The zero-order valence-electron chi connectivity index (χ0n) is 6.89. The highest BCUT2D eigenvalue weighted by molar-refractivity contribution is 7.98. The molecule has 0 heterocycles. The molecule has 1 amide bonds. The zero-order chi connectivity index (χ0) is 8.69. The molecule has 0 fully saturated rings. The van der Waals surface area contributed by atoms with Crippen molar-refractivity contribution in [2.75, 3.05) is 19.1 Å². The molecule has 1 unspecified atom stereocenters. The molecule has 0 spiro atoms. The van der Waals surface area contributed by atoms with Gasteiger partial charge in [0.2, 0.25) is 5.91 Å². The van der Waals surface area contributed by atoms with Crippen LogP contribution >= 0.6 is 23.4 Å². The van der Waals surface area contributed by atoms with Crippen molar-refractivity contribution in [2.45, 2.75) is 18.2 Å². The number of hydrogen-bond donors (Lipinski definition) is 1. The van der Waals surface area contributed by atoms with Gasteiger partial charge in [0.05, 0.1) is 0 Å². The van der Waals surface area contributed by atoms with E-state index >= 15 is 0 Å². The summed E-state index contributed by atoms with van der Waals surface area (Å²) in [7, 11) is 1.60. The minimum atomic E-state index is -0.354. The summed E-state index contributed by atoms with van der Waals surface area (Å²) in [5, 5.41) is 2.16. The first kappa shape index (κ1) is 11.1. The molecule has 0 aliphatic heterocycles. The topological polar surface area (TPSA) is 29.1 Å². The molecule has 0 aromatic carbocycles. The Hall–Kier alpha value is 0.110. The van der Waals surface area contributed by atoms with E-state index in [0.717, 1.165) is 18.6 Å². The Bertz CT molecular complexity index is 121. The number of carbonyl (C=O) groups is 1. The van der Waals surface area contributed by atoms with Gasteiger partial charge in [-0.25, -0.2) is 0 Å². The second-order valence-electron chi connectivity index (χ2n) is 2.22. The minimum absolute atomic E-state index is 0.0761. The predicted molar refractivity (Wildman–Crippen MR) is 51.3 cm³/mol. The molecule has 0 aromatic rings. The average Bonchev–Trinajstić information content (AvgIpc) is 2.03. The molecule has 1 N–H and O–H groups in total. The van der Waals surface area contributed by atoms with Crippen LogP contribution in [-0.4, -0.2) is 30.3 Å². The van der Waals surface area contributed by atoms with Gasteiger partial charge in [-0.05, 0) is 24.9 Å². The van der Waals surface area contributed by atoms with Crippen molar-refractivity contribution in [3.05, 3.63) is 0 Å². The zero-order valence-corrected chi connectivity index (χ0v) is 8.47. The second kappa shape index (κ2) is 6.80. The van der Waals surface area contributed by atoms with Gasteiger partial charge >= 0.3 is 0 Å². The maximum atomic E-state index is 10.9. The van der Waals surface area contributed by atoms with Crippen LogP contribution in [0.15, 0.2) is 0 Å². The number of thioether (sulfide) groups is 1. The van der Waals surface area contributed by atoms with Crippen molar-refractivity contribution in [1.82, 2.24) is 5.32 Å². The first-order valence-corrected chi connectivity index (χ1v) is 5.40. The van der Waals surface area contributed by atoms with Gasteiger partial charge in [0.15, 0.2) is 0 Å². The van der Waals surface area contributed by atoms with E-state index in [-0.39, 0.29) is 11.3 Å². The molecule has 1 atom stereocenters. The number of carbonyl (C=O) groups excluding carboxylic acids is 1. The first-order chi connectivity index (χ1) is 5.22. The molecule has 66 valence electrons. The fourth-order valence-corrected chi connectivity index (χ4v) is 1.41. The molecule has 0 radical (unpaired) electrons. The summed E-state index contributed by atoms with van der Waals surface area (Å²) in [6.45, 7) is 0. The summed E-state index contributed by atoms with van der Waals surface area (Å²) in [6.07, 6.45) is 3.81. The van der Waals surface area contributed by atoms with Crippen LogP contribution in [0.3, 0.4) is 0 Å². The molecule has 0 bridgehead atoms. The quantitative estimate of drug-likeness (QED) is 0.532. The maximum absolute atomic E-state index is 10.9. The Morgan fingerprint density at radius 3 is 2.82 bits per heavy atom. The highest BCUT2D eigenvalue weighted by Gasteiger charge is 2.11. The van der Waals surface area contributed by atoms with Gasteiger partial charge in [-0.3, -0.25) is 4.79 Å². The van der Waals surface area contributed by atoms with E-state index in [4.69, 9.17) is 11.6 Å². The van der Waals surface area contributed by atoms with Crippen LogP contribution in [0.5, 0.6) is 0 Å². The molecule has 2 nitrogen and oxygen atoms in total. The van der Waals surface area contributed by atoms with E-state index in [1.54, 1.807) is 18.8 Å². The lowest BCUT2D eigenvalue weighted by molar-refractivity contribution is -0.120. The fourth-order valence-electron chi connectivity index (χ4n) is 0.695. The van der Waals surface area contributed by atoms with Crippen LogP contribution in [-0.2, 0) is 4.79 Å². The molecule has 0 saturated heterocycles. The first-order valence-electron chi connectivity index (χ1n) is 3.57. The molecule has 0 aliphatic rings. The van der Waals surface area contributed by atoms with Crippen LogP contribution in [0.4, 0.5) is 0 Å². The summed E-state index contributed by atoms with van der Waals surface area (Å²) >= 11 is 7.52. The SMILES string of the molecule is CNC(=O)C(Cl)CCCSC. The predicted octanol–water partition coefficient (Wildman–Crippen LogP) is 1.48. The van der Waals surface area contributed by atoms with Gasteiger partial charge in [-0.15, -0.1) is 11.6 Å². The Labute approximate surface area is 77.1 Å². The Balaban J connectivity index is 3.36. The lowest BCUT2D eigenvalue weighted by Gasteiger charge is -2.05. The second-order valence-corrected chi connectivity index (χ2v) is 3.73. The Kier molecular flexibility index (Phi) is 6.87. The van der Waals surface area contributed by atoms with Crippen molar-refractivity contribution in [3.8, 4) is 0 Å². The summed E-state index contributed by atoms with van der Waals surface area (Å²) in [6, 6.07) is 0. The van der Waals surface area contributed by atoms with E-state index in [0.29, 0.717) is 0 Å². The number of amides is 1. The molecular weight excluding hydrogens is 182 g/mol. The molecule has 0 aromatic heterocycles. The van der Waals surface area contributed by atoms with E-state index in [2.05, 4.69) is 5.32 Å². The summed E-state index contributed by atoms with van der Waals surface area (Å²) in [4.78, 5) is 10.9. The number of hydrogen-bond acceptors (Lipinski definition) is 2. The highest BCUT2D eigenvalue weighted by atomic mass is 35.5. The van der Waals surface area contributed by atoms with E-state index in [9.17, 15) is 4.79 Å². The van der Waals surface area contributed by atoms with Gasteiger partial charge in [0.1, 0.15) is 5.38 Å². The maximum Gasteiger partial charge on any atom is 0.237 e. The lowest BCUT2D eigenvalue weighted by Crippen LogP contribution is -2.27. The van der Waals surface area contributed by atoms with Gasteiger partial charge in [0, 0.05) is 7.05 Å². The standard InChI is InChI=1S/C7H14ClNOS/c1-9-7(10)6(8)4-3-5-11-2/h6H,3-5H2,1-2H3,(H,9,10). The van der Waals surface area contributed by atoms with Crippen molar-refractivity contribution >= 4 is 29.3 Å². The largest absolute Gasteiger partial charge is 0.358 e. The normalized spacial score (nSPS) is 12.6. The van der Waals surface area contributed by atoms with Gasteiger partial charge in [-0.1, -0.05) is 0 Å². The van der Waals surface area contributed by atoms with Crippen molar-refractivity contribution in [3.63, 3.8) is 0 Å². The Morgan fingerprint density at radius 2 is 2.36 bits per heavy atom. The third-order valence-electron chi connectivity index (χ3n) is 1.34. The molecule has 0 aliphatic carbocycles. The third-order valence-corrected chi connectivity index (χ3v) is 2.45. The van der Waals surface area contributed by atoms with Gasteiger partial charge < -0.3 is 5.32 Å². The van der Waals surface area contributed by atoms with Gasteiger partial charge in [-0.2, -0.15) is 11.8 Å². The summed E-state index contributed by atoms with van der Waals surface area (Å²) in [5.41, 5.74) is 0. The minimum Gasteiger partial charge on any atom is -0.358 e. The fraction of sp³-hybridized carbons (Fsp3) is 0.857. The van der Waals surface area contributed by atoms with Crippen LogP contribution < -0.4 is 5.32 Å². The van der Waals surface area contributed by atoms with E-state index in [1.165, 1.54) is 0 Å². The molecule has 0 saturated carbocycles. The van der Waals surface area contributed by atoms with E-state index < -0.39 is 0 Å². The van der Waals surface area contributed by atoms with Crippen LogP contribution in [0.2, 0.25) is 0 Å². The van der Waals surface area contributed by atoms with Crippen LogP contribution in [0.25, 0.3) is 0 Å². The number of nitrogens with one attached hydrogen (secondary N) is 1. The number of rotatable bonds is 5. The van der Waals surface area contributed by atoms with Crippen molar-refractivity contribution in [1.29, 1.82) is 0 Å². The molecule has 4 heteroatoms. The number of halogens is 1. The highest BCUT2D eigenvalue weighted by Crippen LogP contribution is 2.08. The third kappa shape index (κ3) is 5.39. The number of alkyl halides is 1. The molecule has 0 rings (SSSR count). The van der Waals surface area contributed by atoms with Crippen LogP contribution in [0.1, 0.15) is 12.8 Å². The van der Waals surface area contributed by atoms with Crippen molar-refractivity contribution in [2.24, 2.45) is 0 Å².